The Bertz CT molecular complexity index is 424. The van der Waals surface area contributed by atoms with Crippen molar-refractivity contribution in [3.05, 3.63) is 50.2 Å². The molecular formula is C13H17NO2. The van der Waals surface area contributed by atoms with Gasteiger partial charge >= 0.3 is 0 Å². The van der Waals surface area contributed by atoms with Crippen LogP contribution in [0.25, 0.3) is 6.08 Å². The minimum absolute atomic E-state index is 0.259. The fourth-order valence-corrected chi connectivity index (χ4v) is 1.87. The molecular weight excluding hydrogens is 202 g/mol. The highest BCUT2D eigenvalue weighted by Gasteiger charge is 2.10. The number of allylic oxidation sites excluding steroid dienone is 1. The van der Waals surface area contributed by atoms with Gasteiger partial charge in [-0.2, -0.15) is 0 Å². The second kappa shape index (κ2) is 4.92. The molecule has 0 aromatic heterocycles. The number of aryl methyl sites for hydroxylation is 3. The SMILES string of the molecule is CCC(=Cc1c(C)cc(C)cc1C)[N+](=O)[O-]. The zero-order valence-corrected chi connectivity index (χ0v) is 10.2. The second-order valence-corrected chi connectivity index (χ2v) is 4.06. The molecule has 86 valence electrons. The third-order valence-corrected chi connectivity index (χ3v) is 2.65. The Morgan fingerprint density at radius 1 is 1.31 bits per heavy atom. The number of hydrogen-bond acceptors (Lipinski definition) is 2. The van der Waals surface area contributed by atoms with Gasteiger partial charge in [-0.3, -0.25) is 10.1 Å². The molecule has 0 atom stereocenters. The van der Waals surface area contributed by atoms with Crippen LogP contribution in [0.5, 0.6) is 0 Å². The van der Waals surface area contributed by atoms with Gasteiger partial charge < -0.3 is 0 Å². The Hall–Kier alpha value is -1.64. The van der Waals surface area contributed by atoms with E-state index in [0.29, 0.717) is 6.42 Å². The van der Waals surface area contributed by atoms with Crippen molar-refractivity contribution >= 4 is 6.08 Å². The minimum Gasteiger partial charge on any atom is -0.259 e. The lowest BCUT2D eigenvalue weighted by molar-refractivity contribution is -0.425. The van der Waals surface area contributed by atoms with Gasteiger partial charge in [-0.1, -0.05) is 24.6 Å². The highest BCUT2D eigenvalue weighted by molar-refractivity contribution is 5.59. The maximum absolute atomic E-state index is 10.8. The van der Waals surface area contributed by atoms with E-state index in [2.05, 4.69) is 0 Å². The Labute approximate surface area is 95.9 Å². The predicted molar refractivity (Wildman–Crippen MR) is 65.9 cm³/mol. The monoisotopic (exact) mass is 219 g/mol. The van der Waals surface area contributed by atoms with Crippen LogP contribution in [0.3, 0.4) is 0 Å². The molecule has 0 N–H and O–H groups in total. The topological polar surface area (TPSA) is 43.1 Å². The molecule has 0 fully saturated rings. The smallest absolute Gasteiger partial charge is 0.246 e. The molecule has 16 heavy (non-hydrogen) atoms. The largest absolute Gasteiger partial charge is 0.259 e. The van der Waals surface area contributed by atoms with Crippen LogP contribution in [-0.4, -0.2) is 4.92 Å². The highest BCUT2D eigenvalue weighted by Crippen LogP contribution is 2.20. The van der Waals surface area contributed by atoms with Gasteiger partial charge in [-0.15, -0.1) is 0 Å². The summed E-state index contributed by atoms with van der Waals surface area (Å²) < 4.78 is 0. The quantitative estimate of drug-likeness (QED) is 0.575. The summed E-state index contributed by atoms with van der Waals surface area (Å²) in [6.07, 6.45) is 2.13. The number of nitrogens with zero attached hydrogens (tertiary/aromatic N) is 1. The van der Waals surface area contributed by atoms with E-state index in [-0.39, 0.29) is 10.6 Å². The van der Waals surface area contributed by atoms with Crippen molar-refractivity contribution in [1.29, 1.82) is 0 Å². The average Bonchev–Trinajstić information content (AvgIpc) is 2.15. The summed E-state index contributed by atoms with van der Waals surface area (Å²) in [7, 11) is 0. The maximum Gasteiger partial charge on any atom is 0.246 e. The number of hydrogen-bond donors (Lipinski definition) is 0. The van der Waals surface area contributed by atoms with E-state index >= 15 is 0 Å². The Morgan fingerprint density at radius 3 is 2.19 bits per heavy atom. The van der Waals surface area contributed by atoms with Gasteiger partial charge in [0.25, 0.3) is 0 Å². The van der Waals surface area contributed by atoms with Gasteiger partial charge in [0, 0.05) is 12.5 Å². The first-order chi connectivity index (χ1) is 7.45. The van der Waals surface area contributed by atoms with Gasteiger partial charge in [-0.25, -0.2) is 0 Å². The molecule has 0 aliphatic carbocycles. The third kappa shape index (κ3) is 2.69. The van der Waals surface area contributed by atoms with Crippen LogP contribution in [0.15, 0.2) is 17.8 Å². The minimum atomic E-state index is -0.307. The maximum atomic E-state index is 10.8. The van der Waals surface area contributed by atoms with Crippen molar-refractivity contribution in [3.8, 4) is 0 Å². The molecule has 0 amide bonds. The normalized spacial score (nSPS) is 11.6. The molecule has 0 heterocycles. The van der Waals surface area contributed by atoms with Gasteiger partial charge in [0.2, 0.25) is 5.70 Å². The molecule has 0 aliphatic rings. The van der Waals surface area contributed by atoms with Gasteiger partial charge in [0.1, 0.15) is 0 Å². The van der Waals surface area contributed by atoms with Gasteiger partial charge in [0.15, 0.2) is 0 Å². The second-order valence-electron chi connectivity index (χ2n) is 4.06. The van der Waals surface area contributed by atoms with Crippen LogP contribution in [0.1, 0.15) is 35.6 Å². The van der Waals surface area contributed by atoms with Crippen molar-refractivity contribution in [2.75, 3.05) is 0 Å². The number of nitro groups is 1. The first-order valence-electron chi connectivity index (χ1n) is 5.38. The van der Waals surface area contributed by atoms with Crippen molar-refractivity contribution in [3.63, 3.8) is 0 Å². The highest BCUT2D eigenvalue weighted by atomic mass is 16.6. The summed E-state index contributed by atoms with van der Waals surface area (Å²) in [5.41, 5.74) is 4.59. The summed E-state index contributed by atoms with van der Waals surface area (Å²) in [5, 5.41) is 10.8. The molecule has 0 unspecified atom stereocenters. The number of benzene rings is 1. The van der Waals surface area contributed by atoms with Crippen LogP contribution in [0.4, 0.5) is 0 Å². The number of rotatable bonds is 3. The van der Waals surface area contributed by atoms with E-state index in [1.54, 1.807) is 13.0 Å². The van der Waals surface area contributed by atoms with Crippen LogP contribution in [0, 0.1) is 30.9 Å². The lowest BCUT2D eigenvalue weighted by Crippen LogP contribution is -1.98. The van der Waals surface area contributed by atoms with E-state index in [0.717, 1.165) is 16.7 Å². The lowest BCUT2D eigenvalue weighted by Gasteiger charge is -2.07. The molecule has 1 rings (SSSR count). The van der Waals surface area contributed by atoms with Gasteiger partial charge in [0.05, 0.1) is 4.92 Å². The molecule has 0 bridgehead atoms. The van der Waals surface area contributed by atoms with Crippen LogP contribution < -0.4 is 0 Å². The zero-order valence-electron chi connectivity index (χ0n) is 10.2. The standard InChI is InChI=1S/C13H17NO2/c1-5-12(14(15)16)8-13-10(3)6-9(2)7-11(13)4/h6-8H,5H2,1-4H3. The molecule has 3 nitrogen and oxygen atoms in total. The van der Waals surface area contributed by atoms with E-state index in [1.165, 1.54) is 5.56 Å². The Balaban J connectivity index is 3.29. The molecule has 3 heteroatoms. The van der Waals surface area contributed by atoms with Crippen LogP contribution >= 0.6 is 0 Å². The molecule has 0 spiro atoms. The first-order valence-corrected chi connectivity index (χ1v) is 5.38. The van der Waals surface area contributed by atoms with E-state index < -0.39 is 0 Å². The van der Waals surface area contributed by atoms with E-state index in [9.17, 15) is 10.1 Å². The molecule has 0 aliphatic heterocycles. The molecule has 0 saturated heterocycles. The fourth-order valence-electron chi connectivity index (χ4n) is 1.87. The summed E-state index contributed by atoms with van der Waals surface area (Å²) >= 11 is 0. The summed E-state index contributed by atoms with van der Waals surface area (Å²) in [6, 6.07) is 4.10. The predicted octanol–water partition coefficient (Wildman–Crippen LogP) is 3.64. The van der Waals surface area contributed by atoms with Crippen molar-refractivity contribution in [2.24, 2.45) is 0 Å². The molecule has 0 radical (unpaired) electrons. The molecule has 1 aromatic rings. The Kier molecular flexibility index (Phi) is 3.82. The summed E-state index contributed by atoms with van der Waals surface area (Å²) in [4.78, 5) is 10.5. The fraction of sp³-hybridized carbons (Fsp3) is 0.385. The zero-order chi connectivity index (χ0) is 12.3. The third-order valence-electron chi connectivity index (χ3n) is 2.65. The van der Waals surface area contributed by atoms with Crippen LogP contribution in [-0.2, 0) is 0 Å². The van der Waals surface area contributed by atoms with Crippen molar-refractivity contribution < 1.29 is 4.92 Å². The summed E-state index contributed by atoms with van der Waals surface area (Å²) in [5.74, 6) is 0. The lowest BCUT2D eigenvalue weighted by atomic mass is 9.99. The molecule has 1 aromatic carbocycles. The van der Waals surface area contributed by atoms with E-state index in [4.69, 9.17) is 0 Å². The average molecular weight is 219 g/mol. The molecule has 0 saturated carbocycles. The van der Waals surface area contributed by atoms with Gasteiger partial charge in [-0.05, 0) is 37.5 Å². The Morgan fingerprint density at radius 2 is 1.81 bits per heavy atom. The van der Waals surface area contributed by atoms with Crippen molar-refractivity contribution in [1.82, 2.24) is 0 Å². The van der Waals surface area contributed by atoms with E-state index in [1.807, 2.05) is 32.9 Å². The summed E-state index contributed by atoms with van der Waals surface area (Å²) in [6.45, 7) is 7.80. The first kappa shape index (κ1) is 12.4. The van der Waals surface area contributed by atoms with Crippen molar-refractivity contribution in [2.45, 2.75) is 34.1 Å². The van der Waals surface area contributed by atoms with Crippen LogP contribution in [0.2, 0.25) is 0 Å².